The van der Waals surface area contributed by atoms with Crippen molar-refractivity contribution < 1.29 is 23.7 Å². The summed E-state index contributed by atoms with van der Waals surface area (Å²) in [6.45, 7) is 6.68. The van der Waals surface area contributed by atoms with Crippen LogP contribution in [0.5, 0.6) is 28.7 Å². The van der Waals surface area contributed by atoms with Crippen molar-refractivity contribution in [1.82, 2.24) is 20.0 Å². The van der Waals surface area contributed by atoms with Crippen molar-refractivity contribution in [3.63, 3.8) is 0 Å². The van der Waals surface area contributed by atoms with Gasteiger partial charge in [0.15, 0.2) is 23.0 Å². The summed E-state index contributed by atoms with van der Waals surface area (Å²) < 4.78 is 31.0. The molecule has 1 unspecified atom stereocenters. The van der Waals surface area contributed by atoms with Crippen molar-refractivity contribution in [2.75, 3.05) is 54.3 Å². The Hall–Kier alpha value is -3.66. The third-order valence-electron chi connectivity index (χ3n) is 7.91. The molecule has 1 atom stereocenters. The minimum atomic E-state index is 0.107. The molecule has 0 saturated carbocycles. The predicted octanol–water partition coefficient (Wildman–Crippen LogP) is 5.52. The maximum absolute atomic E-state index is 6.56. The number of nitrogens with zero attached hydrogens (tertiary/aromatic N) is 3. The minimum absolute atomic E-state index is 0.107. The first kappa shape index (κ1) is 27.5. The van der Waals surface area contributed by atoms with Crippen LogP contribution >= 0.6 is 11.6 Å². The minimum Gasteiger partial charge on any atom is -0.496 e. The Morgan fingerprint density at radius 3 is 2.44 bits per heavy atom. The van der Waals surface area contributed by atoms with E-state index >= 15 is 0 Å². The number of nitrogens with one attached hydrogen (secondary N) is 1. The molecular weight excluding hydrogens is 544 g/mol. The van der Waals surface area contributed by atoms with Gasteiger partial charge in [0.05, 0.1) is 45.1 Å². The number of ether oxygens (including phenoxy) is 5. The Balaban J connectivity index is 1.61. The van der Waals surface area contributed by atoms with E-state index in [4.69, 9.17) is 40.4 Å². The molecule has 1 saturated heterocycles. The molecule has 0 radical (unpaired) electrons. The zero-order valence-corrected chi connectivity index (χ0v) is 24.6. The Bertz CT molecular complexity index is 1570. The molecule has 10 heteroatoms. The average molecular weight is 579 g/mol. The molecule has 1 N–H and O–H groups in total. The van der Waals surface area contributed by atoms with Crippen LogP contribution in [0.4, 0.5) is 0 Å². The maximum Gasteiger partial charge on any atom is 0.231 e. The molecule has 3 heterocycles. The fraction of sp³-hybridized carbons (Fsp3) is 0.387. The molecule has 3 aromatic carbocycles. The highest BCUT2D eigenvalue weighted by Crippen LogP contribution is 2.51. The summed E-state index contributed by atoms with van der Waals surface area (Å²) in [4.78, 5) is 2.52. The van der Waals surface area contributed by atoms with E-state index in [1.54, 1.807) is 21.3 Å². The standard InChI is InChI=1S/C31H35ClN4O5/c1-5-22(35-12-10-33-11-13-35)30-29-23(36(34-30)17-19-6-8-25(38-3)26(14-19)39-4)16-27-31(41-18-40-27)28(29)21-15-20(32)7-9-24(21)37-2/h6-9,14-16,22,33H,5,10-13,17-18H2,1-4H3. The van der Waals surface area contributed by atoms with Gasteiger partial charge >= 0.3 is 0 Å². The normalized spacial score (nSPS) is 15.7. The predicted molar refractivity (Wildman–Crippen MR) is 159 cm³/mol. The van der Waals surface area contributed by atoms with Gasteiger partial charge in [-0.2, -0.15) is 5.10 Å². The number of rotatable bonds is 9. The summed E-state index contributed by atoms with van der Waals surface area (Å²) >= 11 is 6.56. The highest BCUT2D eigenvalue weighted by atomic mass is 35.5. The summed E-state index contributed by atoms with van der Waals surface area (Å²) in [5, 5.41) is 10.4. The molecule has 6 rings (SSSR count). The molecule has 2 aliphatic rings. The number of hydrogen-bond acceptors (Lipinski definition) is 8. The first-order valence-electron chi connectivity index (χ1n) is 13.9. The van der Waals surface area contributed by atoms with E-state index in [2.05, 4.69) is 21.8 Å². The van der Waals surface area contributed by atoms with Crippen molar-refractivity contribution in [2.24, 2.45) is 0 Å². The molecule has 9 nitrogen and oxygen atoms in total. The van der Waals surface area contributed by atoms with Crippen LogP contribution in [0.1, 0.15) is 30.6 Å². The lowest BCUT2D eigenvalue weighted by Gasteiger charge is -2.33. The fourth-order valence-electron chi connectivity index (χ4n) is 5.98. The van der Waals surface area contributed by atoms with Crippen LogP contribution in [0.2, 0.25) is 5.02 Å². The Morgan fingerprint density at radius 1 is 0.951 bits per heavy atom. The molecule has 0 aliphatic carbocycles. The molecule has 216 valence electrons. The Morgan fingerprint density at radius 2 is 1.71 bits per heavy atom. The zero-order chi connectivity index (χ0) is 28.5. The number of methoxy groups -OCH3 is 3. The van der Waals surface area contributed by atoms with Crippen LogP contribution in [0, 0.1) is 0 Å². The average Bonchev–Trinajstić information content (AvgIpc) is 3.62. The molecule has 41 heavy (non-hydrogen) atoms. The van der Waals surface area contributed by atoms with Crippen molar-refractivity contribution in [2.45, 2.75) is 25.9 Å². The van der Waals surface area contributed by atoms with Crippen molar-refractivity contribution in [3.8, 4) is 39.9 Å². The lowest BCUT2D eigenvalue weighted by atomic mass is 9.94. The smallest absolute Gasteiger partial charge is 0.231 e. The highest BCUT2D eigenvalue weighted by molar-refractivity contribution is 6.31. The van der Waals surface area contributed by atoms with Crippen molar-refractivity contribution in [1.29, 1.82) is 0 Å². The Kier molecular flexibility index (Phi) is 7.84. The SMILES string of the molecule is CCC(c1nn(Cc2ccc(OC)c(OC)c2)c2cc3c(c(-c4cc(Cl)ccc4OC)c12)OCO3)N1CCNCC1. The van der Waals surface area contributed by atoms with Gasteiger partial charge in [-0.05, 0) is 42.3 Å². The van der Waals surface area contributed by atoms with Gasteiger partial charge in [-0.1, -0.05) is 24.6 Å². The van der Waals surface area contributed by atoms with Crippen LogP contribution in [-0.4, -0.2) is 69.0 Å². The largest absolute Gasteiger partial charge is 0.496 e. The lowest BCUT2D eigenvalue weighted by molar-refractivity contribution is 0.166. The van der Waals surface area contributed by atoms with Crippen LogP contribution in [0.25, 0.3) is 22.0 Å². The van der Waals surface area contributed by atoms with E-state index < -0.39 is 0 Å². The summed E-state index contributed by atoms with van der Waals surface area (Å²) in [5.74, 6) is 3.42. The van der Waals surface area contributed by atoms with Gasteiger partial charge in [-0.15, -0.1) is 0 Å². The van der Waals surface area contributed by atoms with E-state index in [1.165, 1.54) is 0 Å². The van der Waals surface area contributed by atoms with Crippen LogP contribution in [0.15, 0.2) is 42.5 Å². The number of aromatic nitrogens is 2. The first-order chi connectivity index (χ1) is 20.1. The summed E-state index contributed by atoms with van der Waals surface area (Å²) in [7, 11) is 4.95. The van der Waals surface area contributed by atoms with Gasteiger partial charge in [-0.3, -0.25) is 9.58 Å². The number of fused-ring (bicyclic) bond motifs is 2. The van der Waals surface area contributed by atoms with Crippen LogP contribution < -0.4 is 29.0 Å². The quantitative estimate of drug-likeness (QED) is 0.278. The first-order valence-corrected chi connectivity index (χ1v) is 14.3. The molecule has 0 bridgehead atoms. The van der Waals surface area contributed by atoms with Crippen molar-refractivity contribution in [3.05, 3.63) is 58.7 Å². The van der Waals surface area contributed by atoms with E-state index in [0.29, 0.717) is 40.3 Å². The molecule has 1 aromatic heterocycles. The van der Waals surface area contributed by atoms with Gasteiger partial charge in [0.1, 0.15) is 5.75 Å². The number of benzene rings is 3. The number of piperazine rings is 1. The van der Waals surface area contributed by atoms with Gasteiger partial charge in [0.25, 0.3) is 0 Å². The Labute approximate surface area is 244 Å². The third kappa shape index (κ3) is 5.03. The monoisotopic (exact) mass is 578 g/mol. The molecule has 2 aliphatic heterocycles. The molecule has 0 spiro atoms. The topological polar surface area (TPSA) is 79.2 Å². The number of halogens is 1. The maximum atomic E-state index is 6.56. The summed E-state index contributed by atoms with van der Waals surface area (Å²) in [6.07, 6.45) is 0.906. The van der Waals surface area contributed by atoms with E-state index in [9.17, 15) is 0 Å². The summed E-state index contributed by atoms with van der Waals surface area (Å²) in [6, 6.07) is 13.8. The van der Waals surface area contributed by atoms with Gasteiger partial charge in [0.2, 0.25) is 6.79 Å². The van der Waals surface area contributed by atoms with Crippen LogP contribution in [-0.2, 0) is 6.54 Å². The van der Waals surface area contributed by atoms with Crippen LogP contribution in [0.3, 0.4) is 0 Å². The number of hydrogen-bond donors (Lipinski definition) is 1. The molecule has 0 amide bonds. The molecule has 1 fully saturated rings. The summed E-state index contributed by atoms with van der Waals surface area (Å²) in [5.41, 5.74) is 4.71. The van der Waals surface area contributed by atoms with E-state index in [-0.39, 0.29) is 12.8 Å². The van der Waals surface area contributed by atoms with E-state index in [0.717, 1.165) is 65.9 Å². The van der Waals surface area contributed by atoms with E-state index in [1.807, 2.05) is 42.5 Å². The zero-order valence-electron chi connectivity index (χ0n) is 23.8. The second-order valence-electron chi connectivity index (χ2n) is 10.2. The lowest BCUT2D eigenvalue weighted by Crippen LogP contribution is -2.45. The third-order valence-corrected chi connectivity index (χ3v) is 8.15. The molecule has 4 aromatic rings. The highest BCUT2D eigenvalue weighted by Gasteiger charge is 2.33. The second kappa shape index (κ2) is 11.7. The van der Waals surface area contributed by atoms with Gasteiger partial charge in [-0.25, -0.2) is 0 Å². The van der Waals surface area contributed by atoms with Gasteiger partial charge in [0, 0.05) is 53.8 Å². The second-order valence-corrected chi connectivity index (χ2v) is 10.6. The fourth-order valence-corrected chi connectivity index (χ4v) is 6.15. The van der Waals surface area contributed by atoms with Gasteiger partial charge < -0.3 is 29.0 Å². The van der Waals surface area contributed by atoms with Crippen molar-refractivity contribution >= 4 is 22.5 Å². The molecular formula is C31H35ClN4O5.